The summed E-state index contributed by atoms with van der Waals surface area (Å²) in [6.07, 6.45) is 0. The van der Waals surface area contributed by atoms with Crippen LogP contribution >= 0.6 is 15.9 Å². The van der Waals surface area contributed by atoms with Crippen LogP contribution in [-0.2, 0) is 6.54 Å². The standard InChI is InChI=1S/C12H8BrN3O3/c13-8-2-1-7(5-14)10(3-8)15-6-9-4-11(12(17)18)16-19-9/h1-4,15H,6H2,(H,17,18). The van der Waals surface area contributed by atoms with Gasteiger partial charge in [-0.05, 0) is 18.2 Å². The molecule has 0 amide bonds. The third kappa shape index (κ3) is 3.11. The van der Waals surface area contributed by atoms with E-state index in [-0.39, 0.29) is 12.2 Å². The Labute approximate surface area is 116 Å². The van der Waals surface area contributed by atoms with Gasteiger partial charge >= 0.3 is 5.97 Å². The number of hydrogen-bond acceptors (Lipinski definition) is 5. The van der Waals surface area contributed by atoms with Crippen molar-refractivity contribution in [1.82, 2.24) is 5.16 Å². The third-order valence-corrected chi connectivity index (χ3v) is 2.83. The molecule has 0 saturated heterocycles. The Morgan fingerprint density at radius 1 is 1.53 bits per heavy atom. The highest BCUT2D eigenvalue weighted by molar-refractivity contribution is 9.10. The van der Waals surface area contributed by atoms with Crippen LogP contribution in [-0.4, -0.2) is 16.2 Å². The Hall–Kier alpha value is -2.33. The van der Waals surface area contributed by atoms with Crippen LogP contribution in [0.2, 0.25) is 0 Å². The summed E-state index contributed by atoms with van der Waals surface area (Å²) < 4.78 is 5.69. The van der Waals surface area contributed by atoms with Gasteiger partial charge in [-0.15, -0.1) is 0 Å². The van der Waals surface area contributed by atoms with Crippen LogP contribution in [0.1, 0.15) is 21.8 Å². The quantitative estimate of drug-likeness (QED) is 0.898. The van der Waals surface area contributed by atoms with Crippen LogP contribution in [0.15, 0.2) is 33.3 Å². The van der Waals surface area contributed by atoms with Crippen LogP contribution in [0, 0.1) is 11.3 Å². The van der Waals surface area contributed by atoms with E-state index in [4.69, 9.17) is 14.9 Å². The zero-order chi connectivity index (χ0) is 13.8. The molecule has 7 heteroatoms. The molecule has 2 N–H and O–H groups in total. The van der Waals surface area contributed by atoms with Gasteiger partial charge in [-0.3, -0.25) is 0 Å². The zero-order valence-electron chi connectivity index (χ0n) is 9.55. The van der Waals surface area contributed by atoms with Gasteiger partial charge in [0.05, 0.1) is 17.8 Å². The van der Waals surface area contributed by atoms with Crippen LogP contribution in [0.4, 0.5) is 5.69 Å². The summed E-state index contributed by atoms with van der Waals surface area (Å²) in [6, 6.07) is 8.59. The summed E-state index contributed by atoms with van der Waals surface area (Å²) in [5.41, 5.74) is 0.970. The zero-order valence-corrected chi connectivity index (χ0v) is 11.1. The Morgan fingerprint density at radius 3 is 2.95 bits per heavy atom. The first kappa shape index (κ1) is 13.1. The van der Waals surface area contributed by atoms with E-state index in [2.05, 4.69) is 32.5 Å². The molecular formula is C12H8BrN3O3. The van der Waals surface area contributed by atoms with Gasteiger partial charge in [0.1, 0.15) is 6.07 Å². The molecule has 2 rings (SSSR count). The number of halogens is 1. The summed E-state index contributed by atoms with van der Waals surface area (Å²) in [5, 5.41) is 24.1. The van der Waals surface area contributed by atoms with Gasteiger partial charge < -0.3 is 14.9 Å². The number of aromatic nitrogens is 1. The third-order valence-electron chi connectivity index (χ3n) is 2.33. The van der Waals surface area contributed by atoms with Crippen molar-refractivity contribution in [3.8, 4) is 6.07 Å². The van der Waals surface area contributed by atoms with Gasteiger partial charge in [0.25, 0.3) is 0 Å². The maximum Gasteiger partial charge on any atom is 0.358 e. The predicted molar refractivity (Wildman–Crippen MR) is 69.6 cm³/mol. The number of anilines is 1. The summed E-state index contributed by atoms with van der Waals surface area (Å²) in [7, 11) is 0. The van der Waals surface area contributed by atoms with Gasteiger partial charge in [0, 0.05) is 10.5 Å². The number of nitriles is 1. The van der Waals surface area contributed by atoms with E-state index in [9.17, 15) is 4.79 Å². The lowest BCUT2D eigenvalue weighted by atomic mass is 10.2. The maximum atomic E-state index is 10.6. The van der Waals surface area contributed by atoms with Crippen molar-refractivity contribution in [2.75, 3.05) is 5.32 Å². The lowest BCUT2D eigenvalue weighted by Crippen LogP contribution is -2.00. The van der Waals surface area contributed by atoms with E-state index in [1.54, 1.807) is 18.2 Å². The molecule has 0 saturated carbocycles. The maximum absolute atomic E-state index is 10.6. The van der Waals surface area contributed by atoms with Crippen LogP contribution < -0.4 is 5.32 Å². The van der Waals surface area contributed by atoms with Crippen LogP contribution in [0.3, 0.4) is 0 Å². The summed E-state index contributed by atoms with van der Waals surface area (Å²) in [4.78, 5) is 10.6. The van der Waals surface area contributed by atoms with E-state index in [0.29, 0.717) is 17.0 Å². The predicted octanol–water partition coefficient (Wildman–Crippen LogP) is 2.62. The number of rotatable bonds is 4. The van der Waals surface area contributed by atoms with Crippen molar-refractivity contribution >= 4 is 27.6 Å². The highest BCUT2D eigenvalue weighted by Gasteiger charge is 2.11. The second-order valence-corrected chi connectivity index (χ2v) is 4.55. The smallest absolute Gasteiger partial charge is 0.358 e. The van der Waals surface area contributed by atoms with Crippen LogP contribution in [0.25, 0.3) is 0 Å². The normalized spacial score (nSPS) is 9.89. The van der Waals surface area contributed by atoms with Gasteiger partial charge in [-0.2, -0.15) is 5.26 Å². The molecule has 1 heterocycles. The first-order valence-corrected chi connectivity index (χ1v) is 6.02. The second kappa shape index (κ2) is 5.54. The molecule has 0 atom stereocenters. The Kier molecular flexibility index (Phi) is 3.82. The number of carbonyl (C=O) groups is 1. The molecule has 0 fully saturated rings. The largest absolute Gasteiger partial charge is 0.476 e. The Balaban J connectivity index is 2.12. The number of benzene rings is 1. The highest BCUT2D eigenvalue weighted by Crippen LogP contribution is 2.21. The highest BCUT2D eigenvalue weighted by atomic mass is 79.9. The average Bonchev–Trinajstić information content (AvgIpc) is 2.85. The monoisotopic (exact) mass is 321 g/mol. The Bertz CT molecular complexity index is 660. The number of carboxylic acid groups (broad SMARTS) is 1. The second-order valence-electron chi connectivity index (χ2n) is 3.64. The lowest BCUT2D eigenvalue weighted by Gasteiger charge is -2.06. The van der Waals surface area contributed by atoms with Gasteiger partial charge in [0.2, 0.25) is 0 Å². The van der Waals surface area contributed by atoms with Crippen molar-refractivity contribution in [3.05, 3.63) is 45.8 Å². The number of nitrogens with zero attached hydrogens (tertiary/aromatic N) is 2. The van der Waals surface area contributed by atoms with Crippen LogP contribution in [0.5, 0.6) is 0 Å². The van der Waals surface area contributed by atoms with Crippen molar-refractivity contribution in [2.24, 2.45) is 0 Å². The molecule has 2 aromatic rings. The van der Waals surface area contributed by atoms with Crippen molar-refractivity contribution in [1.29, 1.82) is 5.26 Å². The van der Waals surface area contributed by atoms with E-state index in [1.165, 1.54) is 6.07 Å². The van der Waals surface area contributed by atoms with E-state index >= 15 is 0 Å². The summed E-state index contributed by atoms with van der Waals surface area (Å²) in [6.45, 7) is 0.241. The molecular weight excluding hydrogens is 314 g/mol. The molecule has 6 nitrogen and oxygen atoms in total. The first-order valence-electron chi connectivity index (χ1n) is 5.22. The number of nitrogens with one attached hydrogen (secondary N) is 1. The molecule has 0 bridgehead atoms. The minimum absolute atomic E-state index is 0.147. The molecule has 0 aliphatic carbocycles. The van der Waals surface area contributed by atoms with Gasteiger partial charge in [-0.1, -0.05) is 21.1 Å². The number of aromatic carboxylic acids is 1. The lowest BCUT2D eigenvalue weighted by molar-refractivity contribution is 0.0685. The topological polar surface area (TPSA) is 99.2 Å². The minimum atomic E-state index is -1.14. The molecule has 0 aliphatic rings. The van der Waals surface area contributed by atoms with Crippen molar-refractivity contribution in [2.45, 2.75) is 6.54 Å². The molecule has 0 aliphatic heterocycles. The molecule has 0 radical (unpaired) electrons. The van der Waals surface area contributed by atoms with E-state index in [0.717, 1.165) is 4.47 Å². The average molecular weight is 322 g/mol. The van der Waals surface area contributed by atoms with E-state index in [1.807, 2.05) is 0 Å². The fourth-order valence-electron chi connectivity index (χ4n) is 1.44. The fourth-order valence-corrected chi connectivity index (χ4v) is 1.80. The molecule has 0 spiro atoms. The minimum Gasteiger partial charge on any atom is -0.476 e. The molecule has 1 aromatic carbocycles. The number of hydrogen-bond donors (Lipinski definition) is 2. The molecule has 96 valence electrons. The summed E-state index contributed by atoms with van der Waals surface area (Å²) in [5.74, 6) is -0.767. The number of carboxylic acids is 1. The fraction of sp³-hybridized carbons (Fsp3) is 0.0833. The van der Waals surface area contributed by atoms with Crippen molar-refractivity contribution in [3.63, 3.8) is 0 Å². The Morgan fingerprint density at radius 2 is 2.32 bits per heavy atom. The molecule has 0 unspecified atom stereocenters. The summed E-state index contributed by atoms with van der Waals surface area (Å²) >= 11 is 3.31. The molecule has 19 heavy (non-hydrogen) atoms. The molecule has 1 aromatic heterocycles. The van der Waals surface area contributed by atoms with Crippen molar-refractivity contribution < 1.29 is 14.4 Å². The van der Waals surface area contributed by atoms with Gasteiger partial charge in [0.15, 0.2) is 11.5 Å². The first-order chi connectivity index (χ1) is 9.10. The van der Waals surface area contributed by atoms with Gasteiger partial charge in [-0.25, -0.2) is 4.79 Å². The SMILES string of the molecule is N#Cc1ccc(Br)cc1NCc1cc(C(=O)O)no1. The van der Waals surface area contributed by atoms with E-state index < -0.39 is 5.97 Å².